The van der Waals surface area contributed by atoms with Crippen molar-refractivity contribution in [2.24, 2.45) is 0 Å². The van der Waals surface area contributed by atoms with E-state index in [1.54, 1.807) is 11.3 Å². The van der Waals surface area contributed by atoms with Crippen LogP contribution >= 0.6 is 23.1 Å². The van der Waals surface area contributed by atoms with E-state index < -0.39 is 0 Å². The van der Waals surface area contributed by atoms with Crippen molar-refractivity contribution in [3.63, 3.8) is 0 Å². The minimum atomic E-state index is 0.651. The van der Waals surface area contributed by atoms with Gasteiger partial charge in [0.1, 0.15) is 5.69 Å². The molecule has 4 nitrogen and oxygen atoms in total. The maximum atomic E-state index is 11.3. The van der Waals surface area contributed by atoms with Gasteiger partial charge in [-0.25, -0.2) is 4.98 Å². The van der Waals surface area contributed by atoms with E-state index in [4.69, 9.17) is 0 Å². The molecule has 0 spiro atoms. The molecule has 0 radical (unpaired) electrons. The first-order valence-electron chi connectivity index (χ1n) is 6.10. The van der Waals surface area contributed by atoms with Gasteiger partial charge in [-0.05, 0) is 6.42 Å². The molecular weight excluding hydrogens is 266 g/mol. The zero-order valence-electron chi connectivity index (χ0n) is 10.2. The third kappa shape index (κ3) is 1.93. The van der Waals surface area contributed by atoms with Crippen molar-refractivity contribution in [2.45, 2.75) is 18.6 Å². The number of nitrogens with zero attached hydrogens (tertiary/aromatic N) is 3. The predicted molar refractivity (Wildman–Crippen MR) is 77.2 cm³/mol. The van der Waals surface area contributed by atoms with Crippen LogP contribution < -0.4 is 4.90 Å². The van der Waals surface area contributed by atoms with Gasteiger partial charge in [0.2, 0.25) is 0 Å². The number of hydrogen-bond donors (Lipinski definition) is 0. The number of carbonyl (C=O) groups is 1. The highest BCUT2D eigenvalue weighted by Crippen LogP contribution is 2.28. The maximum Gasteiger partial charge on any atom is 0.196 e. The summed E-state index contributed by atoms with van der Waals surface area (Å²) in [4.78, 5) is 19.1. The van der Waals surface area contributed by atoms with E-state index in [9.17, 15) is 4.79 Å². The molecule has 1 unspecified atom stereocenters. The lowest BCUT2D eigenvalue weighted by molar-refractivity contribution is 0.111. The van der Waals surface area contributed by atoms with E-state index in [0.717, 1.165) is 35.9 Å². The molecule has 96 valence electrons. The fourth-order valence-electron chi connectivity index (χ4n) is 2.29. The number of thioether (sulfide) groups is 1. The Morgan fingerprint density at radius 3 is 3.28 bits per heavy atom. The fourth-order valence-corrected chi connectivity index (χ4v) is 4.19. The van der Waals surface area contributed by atoms with Crippen molar-refractivity contribution in [3.05, 3.63) is 17.3 Å². The van der Waals surface area contributed by atoms with Gasteiger partial charge >= 0.3 is 0 Å². The van der Waals surface area contributed by atoms with Crippen LogP contribution in [0.25, 0.3) is 4.96 Å². The minimum Gasteiger partial charge on any atom is -0.353 e. The predicted octanol–water partition coefficient (Wildman–Crippen LogP) is 2.54. The Kier molecular flexibility index (Phi) is 3.30. The van der Waals surface area contributed by atoms with E-state index >= 15 is 0 Å². The van der Waals surface area contributed by atoms with Gasteiger partial charge in [-0.15, -0.1) is 11.3 Å². The molecule has 3 heterocycles. The minimum absolute atomic E-state index is 0.651. The molecule has 6 heteroatoms. The topological polar surface area (TPSA) is 37.6 Å². The van der Waals surface area contributed by atoms with Crippen LogP contribution in [0.5, 0.6) is 0 Å². The monoisotopic (exact) mass is 281 g/mol. The quantitative estimate of drug-likeness (QED) is 0.810. The Labute approximate surface area is 114 Å². The average molecular weight is 281 g/mol. The Balaban J connectivity index is 1.97. The molecule has 1 atom stereocenters. The van der Waals surface area contributed by atoms with Crippen LogP contribution in [-0.4, -0.2) is 39.8 Å². The van der Waals surface area contributed by atoms with Crippen LogP contribution in [0.4, 0.5) is 5.82 Å². The normalized spacial score (nSPS) is 20.5. The highest BCUT2D eigenvalue weighted by Gasteiger charge is 2.24. The molecule has 1 aliphatic rings. The number of carbonyl (C=O) groups excluding carboxylic acids is 1. The van der Waals surface area contributed by atoms with Crippen LogP contribution in [-0.2, 0) is 0 Å². The first kappa shape index (κ1) is 12.0. The Hall–Kier alpha value is -1.01. The molecule has 18 heavy (non-hydrogen) atoms. The summed E-state index contributed by atoms with van der Waals surface area (Å²) in [7, 11) is 0. The molecule has 0 N–H and O–H groups in total. The van der Waals surface area contributed by atoms with Gasteiger partial charge in [-0.2, -0.15) is 11.8 Å². The van der Waals surface area contributed by atoms with Crippen molar-refractivity contribution in [3.8, 4) is 0 Å². The molecule has 0 aromatic carbocycles. The summed E-state index contributed by atoms with van der Waals surface area (Å²) in [6, 6.07) is 0. The SMILES string of the molecule is CCC1CN(c2nc3sccn3c2C=O)CCS1. The van der Waals surface area contributed by atoms with Crippen LogP contribution in [0, 0.1) is 0 Å². The molecule has 3 rings (SSSR count). The Morgan fingerprint density at radius 2 is 2.50 bits per heavy atom. The van der Waals surface area contributed by atoms with E-state index in [1.807, 2.05) is 27.7 Å². The molecule has 0 amide bonds. The molecule has 1 saturated heterocycles. The lowest BCUT2D eigenvalue weighted by Gasteiger charge is -2.32. The first-order valence-corrected chi connectivity index (χ1v) is 8.03. The van der Waals surface area contributed by atoms with Gasteiger partial charge in [-0.3, -0.25) is 9.20 Å². The fraction of sp³-hybridized carbons (Fsp3) is 0.500. The number of rotatable bonds is 3. The Bertz CT molecular complexity index is 563. The van der Waals surface area contributed by atoms with Crippen LogP contribution in [0.3, 0.4) is 0 Å². The summed E-state index contributed by atoms with van der Waals surface area (Å²) in [5.41, 5.74) is 0.688. The maximum absolute atomic E-state index is 11.3. The van der Waals surface area contributed by atoms with Crippen molar-refractivity contribution in [1.29, 1.82) is 0 Å². The molecule has 0 aliphatic carbocycles. The van der Waals surface area contributed by atoms with Crippen molar-refractivity contribution in [2.75, 3.05) is 23.7 Å². The number of hydrogen-bond acceptors (Lipinski definition) is 5. The van der Waals surface area contributed by atoms with Crippen molar-refractivity contribution in [1.82, 2.24) is 9.38 Å². The van der Waals surface area contributed by atoms with Crippen LogP contribution in [0.15, 0.2) is 11.6 Å². The zero-order valence-corrected chi connectivity index (χ0v) is 11.8. The smallest absolute Gasteiger partial charge is 0.196 e. The van der Waals surface area contributed by atoms with E-state index in [0.29, 0.717) is 10.9 Å². The molecule has 0 bridgehead atoms. The number of imidazole rings is 1. The molecule has 2 aromatic heterocycles. The second kappa shape index (κ2) is 4.93. The molecular formula is C12H15N3OS2. The van der Waals surface area contributed by atoms with Gasteiger partial charge in [-0.1, -0.05) is 6.92 Å². The summed E-state index contributed by atoms with van der Waals surface area (Å²) in [6.07, 6.45) is 4.00. The lowest BCUT2D eigenvalue weighted by atomic mass is 10.3. The van der Waals surface area contributed by atoms with Crippen LogP contribution in [0.2, 0.25) is 0 Å². The third-order valence-electron chi connectivity index (χ3n) is 3.28. The molecule has 2 aromatic rings. The van der Waals surface area contributed by atoms with Gasteiger partial charge < -0.3 is 4.90 Å². The van der Waals surface area contributed by atoms with Crippen LogP contribution in [0.1, 0.15) is 23.8 Å². The van der Waals surface area contributed by atoms with Gasteiger partial charge in [0.15, 0.2) is 17.1 Å². The molecule has 1 aliphatic heterocycles. The average Bonchev–Trinajstić information content (AvgIpc) is 2.98. The Morgan fingerprint density at radius 1 is 1.61 bits per heavy atom. The largest absolute Gasteiger partial charge is 0.353 e. The number of aromatic nitrogens is 2. The molecule has 1 fully saturated rings. The van der Waals surface area contributed by atoms with E-state index in [-0.39, 0.29) is 0 Å². The van der Waals surface area contributed by atoms with Gasteiger partial charge in [0.25, 0.3) is 0 Å². The summed E-state index contributed by atoms with van der Waals surface area (Å²) >= 11 is 3.59. The number of aldehydes is 1. The summed E-state index contributed by atoms with van der Waals surface area (Å²) in [5.74, 6) is 1.97. The van der Waals surface area contributed by atoms with Gasteiger partial charge in [0.05, 0.1) is 0 Å². The summed E-state index contributed by atoms with van der Waals surface area (Å²) in [5, 5.41) is 2.61. The highest BCUT2D eigenvalue weighted by atomic mass is 32.2. The number of thiazole rings is 1. The number of fused-ring (bicyclic) bond motifs is 1. The van der Waals surface area contributed by atoms with Crippen molar-refractivity contribution >= 4 is 40.2 Å². The van der Waals surface area contributed by atoms with Gasteiger partial charge in [0, 0.05) is 35.7 Å². The zero-order chi connectivity index (χ0) is 12.5. The first-order chi connectivity index (χ1) is 8.83. The van der Waals surface area contributed by atoms with Crippen molar-refractivity contribution < 1.29 is 4.79 Å². The van der Waals surface area contributed by atoms with E-state index in [2.05, 4.69) is 16.8 Å². The lowest BCUT2D eigenvalue weighted by Crippen LogP contribution is -2.38. The standard InChI is InChI=1S/C12H15N3OS2/c1-2-9-7-14(3-5-17-9)11-10(8-16)15-4-6-18-12(15)13-11/h4,6,8-9H,2-3,5,7H2,1H3. The molecule has 0 saturated carbocycles. The summed E-state index contributed by atoms with van der Waals surface area (Å²) < 4.78 is 1.88. The summed E-state index contributed by atoms with van der Waals surface area (Å²) in [6.45, 7) is 4.19. The second-order valence-electron chi connectivity index (χ2n) is 4.34. The van der Waals surface area contributed by atoms with E-state index in [1.165, 1.54) is 6.42 Å². The third-order valence-corrected chi connectivity index (χ3v) is 5.41. The number of anilines is 1. The highest BCUT2D eigenvalue weighted by molar-refractivity contribution is 8.00. The second-order valence-corrected chi connectivity index (χ2v) is 6.62.